The largest absolute Gasteiger partial charge is 0.494 e. The second kappa shape index (κ2) is 8.89. The van der Waals surface area contributed by atoms with Gasteiger partial charge in [-0.1, -0.05) is 0 Å². The molecule has 0 spiro atoms. The van der Waals surface area contributed by atoms with E-state index in [1.807, 2.05) is 41.8 Å². The summed E-state index contributed by atoms with van der Waals surface area (Å²) in [4.78, 5) is 16.2. The van der Waals surface area contributed by atoms with Crippen LogP contribution in [0.15, 0.2) is 53.3 Å². The van der Waals surface area contributed by atoms with Gasteiger partial charge in [0, 0.05) is 35.4 Å². The van der Waals surface area contributed by atoms with Gasteiger partial charge in [-0.05, 0) is 49.4 Å². The van der Waals surface area contributed by atoms with Crippen LogP contribution in [0.2, 0.25) is 0 Å². The Hall–Kier alpha value is -3.49. The van der Waals surface area contributed by atoms with E-state index < -0.39 is 15.7 Å². The zero-order valence-corrected chi connectivity index (χ0v) is 17.7. The van der Waals surface area contributed by atoms with E-state index in [0.29, 0.717) is 12.3 Å². The van der Waals surface area contributed by atoms with Crippen LogP contribution < -0.4 is 10.1 Å². The van der Waals surface area contributed by atoms with Gasteiger partial charge in [0.25, 0.3) is 11.1 Å². The molecular formula is C19H17N5O4S2. The summed E-state index contributed by atoms with van der Waals surface area (Å²) < 4.78 is 33.9. The summed E-state index contributed by atoms with van der Waals surface area (Å²) in [5, 5.41) is 11.4. The van der Waals surface area contributed by atoms with Gasteiger partial charge in [0.2, 0.25) is 15.0 Å². The van der Waals surface area contributed by atoms with E-state index in [2.05, 4.69) is 14.7 Å². The first kappa shape index (κ1) is 21.2. The van der Waals surface area contributed by atoms with Crippen molar-refractivity contribution in [2.24, 2.45) is 0 Å². The van der Waals surface area contributed by atoms with Gasteiger partial charge in [-0.25, -0.2) is 8.42 Å². The Morgan fingerprint density at radius 3 is 2.67 bits per heavy atom. The molecule has 30 heavy (non-hydrogen) atoms. The Balaban J connectivity index is 1.83. The number of amides is 1. The standard InChI is InChI=1S/C19H17N5O4S2/c1-3-28-16-8-6-14(7-9-16)24-10-4-5-15(24)11-13(12-20)17(25)21-18-22-19(23-29-18)30(2,26)27/h4-11H,3H2,1-2H3,(H,21,22,23,25)/b13-11-. The third-order valence-corrected chi connectivity index (χ3v) is 5.41. The van der Waals surface area contributed by atoms with Gasteiger partial charge < -0.3 is 9.30 Å². The third kappa shape index (κ3) is 4.91. The van der Waals surface area contributed by atoms with Crippen LogP contribution in [-0.4, -0.2) is 41.1 Å². The molecule has 0 saturated carbocycles. The molecule has 3 aromatic rings. The van der Waals surface area contributed by atoms with Crippen molar-refractivity contribution in [2.75, 3.05) is 18.2 Å². The van der Waals surface area contributed by atoms with E-state index in [1.54, 1.807) is 18.3 Å². The molecule has 0 aliphatic carbocycles. The van der Waals surface area contributed by atoms with Crippen molar-refractivity contribution in [1.82, 2.24) is 13.9 Å². The SMILES string of the molecule is CCOc1ccc(-n2cccc2/C=C(/C#N)C(=O)Nc2nc(S(C)(=O)=O)ns2)cc1. The predicted molar refractivity (Wildman–Crippen MR) is 112 cm³/mol. The van der Waals surface area contributed by atoms with Crippen LogP contribution in [-0.2, 0) is 14.6 Å². The Labute approximate surface area is 177 Å². The maximum Gasteiger partial charge on any atom is 0.268 e. The molecule has 0 aliphatic rings. The second-order valence-corrected chi connectivity index (χ2v) is 8.67. The Kier molecular flexibility index (Phi) is 6.29. The average molecular weight is 444 g/mol. The van der Waals surface area contributed by atoms with Crippen molar-refractivity contribution < 1.29 is 17.9 Å². The molecule has 9 nitrogen and oxygen atoms in total. The minimum Gasteiger partial charge on any atom is -0.494 e. The van der Waals surface area contributed by atoms with E-state index in [0.717, 1.165) is 29.2 Å². The molecule has 0 aliphatic heterocycles. The van der Waals surface area contributed by atoms with E-state index in [1.165, 1.54) is 6.08 Å². The number of hydrogen-bond donors (Lipinski definition) is 1. The number of rotatable bonds is 7. The van der Waals surface area contributed by atoms with Crippen molar-refractivity contribution in [2.45, 2.75) is 12.1 Å². The summed E-state index contributed by atoms with van der Waals surface area (Å²) in [5.41, 5.74) is 1.27. The maximum atomic E-state index is 12.5. The van der Waals surface area contributed by atoms with E-state index in [-0.39, 0.29) is 15.9 Å². The molecule has 2 aromatic heterocycles. The second-order valence-electron chi connectivity index (χ2n) is 6.01. The Morgan fingerprint density at radius 2 is 2.07 bits per heavy atom. The molecule has 2 heterocycles. The monoisotopic (exact) mass is 443 g/mol. The first-order chi connectivity index (χ1) is 14.3. The molecule has 0 saturated heterocycles. The summed E-state index contributed by atoms with van der Waals surface area (Å²) in [6.45, 7) is 2.47. The predicted octanol–water partition coefficient (Wildman–Crippen LogP) is 2.68. The number of benzene rings is 1. The first-order valence-corrected chi connectivity index (χ1v) is 11.4. The molecule has 1 N–H and O–H groups in total. The zero-order valence-electron chi connectivity index (χ0n) is 16.1. The van der Waals surface area contributed by atoms with Gasteiger partial charge >= 0.3 is 0 Å². The average Bonchev–Trinajstić information content (AvgIpc) is 3.36. The van der Waals surface area contributed by atoms with Crippen molar-refractivity contribution >= 4 is 38.5 Å². The number of ether oxygens (including phenoxy) is 1. The zero-order chi connectivity index (χ0) is 21.7. The summed E-state index contributed by atoms with van der Waals surface area (Å²) in [6.07, 6.45) is 4.21. The van der Waals surface area contributed by atoms with E-state index >= 15 is 0 Å². The van der Waals surface area contributed by atoms with Crippen LogP contribution in [0.4, 0.5) is 5.13 Å². The van der Waals surface area contributed by atoms with Crippen LogP contribution in [0, 0.1) is 11.3 Å². The number of hydrogen-bond acceptors (Lipinski definition) is 8. The summed E-state index contributed by atoms with van der Waals surface area (Å²) >= 11 is 0.720. The number of anilines is 1. The summed E-state index contributed by atoms with van der Waals surface area (Å²) in [5.74, 6) is 0.0289. The van der Waals surface area contributed by atoms with Gasteiger partial charge in [-0.3, -0.25) is 10.1 Å². The molecular weight excluding hydrogens is 426 g/mol. The molecule has 11 heteroatoms. The van der Waals surface area contributed by atoms with Gasteiger partial charge in [-0.15, -0.1) is 0 Å². The lowest BCUT2D eigenvalue weighted by Crippen LogP contribution is -2.13. The minimum atomic E-state index is -3.58. The quantitative estimate of drug-likeness (QED) is 0.439. The van der Waals surface area contributed by atoms with Gasteiger partial charge in [0.1, 0.15) is 17.4 Å². The Bertz CT molecular complexity index is 1230. The third-order valence-electron chi connectivity index (χ3n) is 3.82. The highest BCUT2D eigenvalue weighted by Gasteiger charge is 2.18. The van der Waals surface area contributed by atoms with Gasteiger partial charge in [0.05, 0.1) is 6.61 Å². The van der Waals surface area contributed by atoms with Crippen molar-refractivity contribution in [1.29, 1.82) is 5.26 Å². The highest BCUT2D eigenvalue weighted by atomic mass is 32.2. The van der Waals surface area contributed by atoms with Crippen LogP contribution in [0.25, 0.3) is 11.8 Å². The highest BCUT2D eigenvalue weighted by Crippen LogP contribution is 2.20. The van der Waals surface area contributed by atoms with Crippen LogP contribution >= 0.6 is 11.5 Å². The number of carbonyl (C=O) groups is 1. The summed E-state index contributed by atoms with van der Waals surface area (Å²) in [6, 6.07) is 12.8. The van der Waals surface area contributed by atoms with Crippen LogP contribution in [0.1, 0.15) is 12.6 Å². The molecule has 1 aromatic carbocycles. The smallest absolute Gasteiger partial charge is 0.268 e. The normalized spacial score (nSPS) is 11.7. The molecule has 154 valence electrons. The molecule has 0 fully saturated rings. The minimum absolute atomic E-state index is 0.0107. The lowest BCUT2D eigenvalue weighted by atomic mass is 10.2. The van der Waals surface area contributed by atoms with E-state index in [9.17, 15) is 18.5 Å². The van der Waals surface area contributed by atoms with Crippen molar-refractivity contribution in [3.63, 3.8) is 0 Å². The number of nitrogens with zero attached hydrogens (tertiary/aromatic N) is 4. The van der Waals surface area contributed by atoms with Crippen molar-refractivity contribution in [3.05, 3.63) is 53.9 Å². The molecule has 0 unspecified atom stereocenters. The van der Waals surface area contributed by atoms with Gasteiger partial charge in [0.15, 0.2) is 0 Å². The molecule has 0 radical (unpaired) electrons. The molecule has 3 rings (SSSR count). The number of aromatic nitrogens is 3. The summed E-state index contributed by atoms with van der Waals surface area (Å²) in [7, 11) is -3.58. The van der Waals surface area contributed by atoms with Crippen LogP contribution in [0.3, 0.4) is 0 Å². The topological polar surface area (TPSA) is 127 Å². The Morgan fingerprint density at radius 1 is 1.33 bits per heavy atom. The molecule has 0 atom stereocenters. The maximum absolute atomic E-state index is 12.5. The lowest BCUT2D eigenvalue weighted by Gasteiger charge is -2.09. The molecule has 0 bridgehead atoms. The van der Waals surface area contributed by atoms with Crippen LogP contribution in [0.5, 0.6) is 5.75 Å². The number of nitriles is 1. The first-order valence-electron chi connectivity index (χ1n) is 8.69. The van der Waals surface area contributed by atoms with E-state index in [4.69, 9.17) is 4.74 Å². The number of carbonyl (C=O) groups excluding carboxylic acids is 1. The highest BCUT2D eigenvalue weighted by molar-refractivity contribution is 7.90. The fourth-order valence-electron chi connectivity index (χ4n) is 2.49. The fraction of sp³-hybridized carbons (Fsp3) is 0.158. The lowest BCUT2D eigenvalue weighted by molar-refractivity contribution is -0.112. The van der Waals surface area contributed by atoms with Gasteiger partial charge in [-0.2, -0.15) is 14.6 Å². The van der Waals surface area contributed by atoms with Crippen molar-refractivity contribution in [3.8, 4) is 17.5 Å². The molecule has 1 amide bonds. The number of nitrogens with one attached hydrogen (secondary N) is 1. The fourth-order valence-corrected chi connectivity index (χ4v) is 3.93. The number of sulfone groups is 1.